The molecule has 1 aliphatic rings. The summed E-state index contributed by atoms with van der Waals surface area (Å²) in [6.45, 7) is 8.00. The quantitative estimate of drug-likeness (QED) is 0.348. The van der Waals surface area contributed by atoms with Crippen LogP contribution in [0.2, 0.25) is 0 Å². The maximum Gasteiger partial charge on any atom is 0.290 e. The monoisotopic (exact) mass is 459 g/mol. The Morgan fingerprint density at radius 1 is 1.03 bits per heavy atom. The molecule has 1 aromatic heterocycles. The lowest BCUT2D eigenvalue weighted by atomic mass is 9.75. The SMILES string of the molecule is C[C@H](c1ccccc1)N(CC[C@H](Cc1ccccc1)[C@@H]1CCOC(C)(C)C1)C(=O)c1ccco1. The number of carbonyl (C=O) groups excluding carboxylic acids is 1. The first kappa shape index (κ1) is 24.3. The third kappa shape index (κ3) is 6.18. The molecule has 2 aromatic carbocycles. The lowest BCUT2D eigenvalue weighted by Crippen LogP contribution is -2.39. The molecule has 2 heterocycles. The van der Waals surface area contributed by atoms with Gasteiger partial charge in [-0.15, -0.1) is 0 Å². The first-order chi connectivity index (χ1) is 16.4. The maximum absolute atomic E-state index is 13.5. The van der Waals surface area contributed by atoms with E-state index in [1.165, 1.54) is 5.56 Å². The molecule has 4 heteroatoms. The van der Waals surface area contributed by atoms with E-state index in [0.717, 1.165) is 37.9 Å². The van der Waals surface area contributed by atoms with Crippen molar-refractivity contribution in [3.05, 3.63) is 95.9 Å². The Kier molecular flexibility index (Phi) is 7.89. The molecule has 1 aliphatic heterocycles. The van der Waals surface area contributed by atoms with E-state index in [-0.39, 0.29) is 17.6 Å². The van der Waals surface area contributed by atoms with Gasteiger partial charge in [0.25, 0.3) is 5.91 Å². The summed E-state index contributed by atoms with van der Waals surface area (Å²) in [5, 5.41) is 0. The minimum atomic E-state index is -0.0984. The molecule has 0 spiro atoms. The highest BCUT2D eigenvalue weighted by molar-refractivity contribution is 5.91. The number of rotatable bonds is 9. The Labute approximate surface area is 203 Å². The summed E-state index contributed by atoms with van der Waals surface area (Å²) in [7, 11) is 0. The average molecular weight is 460 g/mol. The van der Waals surface area contributed by atoms with Gasteiger partial charge in [0, 0.05) is 13.2 Å². The van der Waals surface area contributed by atoms with Gasteiger partial charge < -0.3 is 14.1 Å². The van der Waals surface area contributed by atoms with Gasteiger partial charge in [0.2, 0.25) is 0 Å². The van der Waals surface area contributed by atoms with Gasteiger partial charge in [-0.1, -0.05) is 60.7 Å². The molecular weight excluding hydrogens is 422 g/mol. The van der Waals surface area contributed by atoms with Gasteiger partial charge in [0.05, 0.1) is 17.9 Å². The number of hydrogen-bond acceptors (Lipinski definition) is 3. The lowest BCUT2D eigenvalue weighted by Gasteiger charge is -2.40. The zero-order valence-electron chi connectivity index (χ0n) is 20.7. The molecule has 0 N–H and O–H groups in total. The number of amides is 1. The van der Waals surface area contributed by atoms with Crippen molar-refractivity contribution >= 4 is 5.91 Å². The molecule has 1 fully saturated rings. The fourth-order valence-corrected chi connectivity index (χ4v) is 5.33. The minimum absolute atomic E-state index is 0.0395. The van der Waals surface area contributed by atoms with Crippen LogP contribution in [0.5, 0.6) is 0 Å². The van der Waals surface area contributed by atoms with Crippen LogP contribution in [0.3, 0.4) is 0 Å². The topological polar surface area (TPSA) is 42.7 Å². The molecule has 4 nitrogen and oxygen atoms in total. The van der Waals surface area contributed by atoms with Gasteiger partial charge in [-0.3, -0.25) is 4.79 Å². The molecule has 0 saturated carbocycles. The molecule has 1 amide bonds. The van der Waals surface area contributed by atoms with E-state index in [0.29, 0.717) is 24.1 Å². The number of hydrogen-bond donors (Lipinski definition) is 0. The van der Waals surface area contributed by atoms with Crippen LogP contribution in [-0.2, 0) is 11.2 Å². The fraction of sp³-hybridized carbons (Fsp3) is 0.433. The second kappa shape index (κ2) is 11.1. The summed E-state index contributed by atoms with van der Waals surface area (Å²) >= 11 is 0. The minimum Gasteiger partial charge on any atom is -0.459 e. The van der Waals surface area contributed by atoms with Crippen molar-refractivity contribution in [1.82, 2.24) is 4.90 Å². The third-order valence-electron chi connectivity index (χ3n) is 7.23. The van der Waals surface area contributed by atoms with Crippen molar-refractivity contribution in [3.8, 4) is 0 Å². The van der Waals surface area contributed by atoms with Crippen molar-refractivity contribution in [2.24, 2.45) is 11.8 Å². The summed E-state index contributed by atoms with van der Waals surface area (Å²) in [5.41, 5.74) is 2.39. The van der Waals surface area contributed by atoms with Crippen LogP contribution in [-0.4, -0.2) is 29.6 Å². The van der Waals surface area contributed by atoms with E-state index in [9.17, 15) is 4.79 Å². The van der Waals surface area contributed by atoms with Crippen LogP contribution in [0.25, 0.3) is 0 Å². The molecule has 180 valence electrons. The Balaban J connectivity index is 1.56. The van der Waals surface area contributed by atoms with Crippen molar-refractivity contribution in [2.75, 3.05) is 13.2 Å². The number of nitrogens with zero attached hydrogens (tertiary/aromatic N) is 1. The highest BCUT2D eigenvalue weighted by Gasteiger charge is 2.34. The van der Waals surface area contributed by atoms with E-state index in [4.69, 9.17) is 9.15 Å². The second-order valence-electron chi connectivity index (χ2n) is 10.2. The summed E-state index contributed by atoms with van der Waals surface area (Å²) < 4.78 is 11.5. The molecular formula is C30H37NO3. The molecule has 34 heavy (non-hydrogen) atoms. The zero-order chi connectivity index (χ0) is 24.0. The fourth-order valence-electron chi connectivity index (χ4n) is 5.33. The number of benzene rings is 2. The van der Waals surface area contributed by atoms with Crippen molar-refractivity contribution in [1.29, 1.82) is 0 Å². The first-order valence-corrected chi connectivity index (χ1v) is 12.5. The van der Waals surface area contributed by atoms with Gasteiger partial charge in [0.1, 0.15) is 0 Å². The maximum atomic E-state index is 13.5. The Morgan fingerprint density at radius 3 is 2.38 bits per heavy atom. The van der Waals surface area contributed by atoms with Gasteiger partial charge in [-0.2, -0.15) is 0 Å². The number of carbonyl (C=O) groups is 1. The predicted octanol–water partition coefficient (Wildman–Crippen LogP) is 6.94. The summed E-state index contributed by atoms with van der Waals surface area (Å²) in [4.78, 5) is 15.5. The molecule has 1 saturated heterocycles. The Bertz CT molecular complexity index is 1010. The van der Waals surface area contributed by atoms with Crippen LogP contribution < -0.4 is 0 Å². The second-order valence-corrected chi connectivity index (χ2v) is 10.2. The van der Waals surface area contributed by atoms with Crippen molar-refractivity contribution in [2.45, 2.75) is 58.1 Å². The van der Waals surface area contributed by atoms with Crippen molar-refractivity contribution in [3.63, 3.8) is 0 Å². The van der Waals surface area contributed by atoms with Crippen LogP contribution in [0.1, 0.15) is 67.8 Å². The highest BCUT2D eigenvalue weighted by Crippen LogP contribution is 2.37. The average Bonchev–Trinajstić information content (AvgIpc) is 3.39. The van der Waals surface area contributed by atoms with Gasteiger partial charge in [0.15, 0.2) is 5.76 Å². The van der Waals surface area contributed by atoms with E-state index in [1.54, 1.807) is 18.4 Å². The normalized spacial score (nSPS) is 19.3. The summed E-state index contributed by atoms with van der Waals surface area (Å²) in [6.07, 6.45) is 5.65. The van der Waals surface area contributed by atoms with E-state index in [2.05, 4.69) is 63.2 Å². The standard InChI is InChI=1S/C30H37NO3/c1-23(25-13-8-5-9-14-25)31(29(32)28-15-10-19-33-28)18-16-26(21-24-11-6-4-7-12-24)27-17-20-34-30(2,3)22-27/h4-15,19,23,26-27H,16-18,20-22H2,1-3H3/t23-,26-,27-/m1/s1. The van der Waals surface area contributed by atoms with Crippen LogP contribution in [0, 0.1) is 11.8 Å². The molecule has 0 aliphatic carbocycles. The largest absolute Gasteiger partial charge is 0.459 e. The van der Waals surface area contributed by atoms with E-state index < -0.39 is 0 Å². The molecule has 0 radical (unpaired) electrons. The molecule has 4 rings (SSSR count). The van der Waals surface area contributed by atoms with Crippen LogP contribution in [0.4, 0.5) is 0 Å². The summed E-state index contributed by atoms with van der Waals surface area (Å²) in [5.74, 6) is 1.39. The molecule has 0 bridgehead atoms. The first-order valence-electron chi connectivity index (χ1n) is 12.5. The molecule has 0 unspecified atom stereocenters. The lowest BCUT2D eigenvalue weighted by molar-refractivity contribution is -0.0835. The number of furan rings is 1. The van der Waals surface area contributed by atoms with Gasteiger partial charge in [-0.25, -0.2) is 0 Å². The summed E-state index contributed by atoms with van der Waals surface area (Å²) in [6, 6.07) is 24.5. The van der Waals surface area contributed by atoms with Crippen molar-refractivity contribution < 1.29 is 13.9 Å². The zero-order valence-corrected chi connectivity index (χ0v) is 20.7. The van der Waals surface area contributed by atoms with Crippen LogP contribution in [0.15, 0.2) is 83.5 Å². The van der Waals surface area contributed by atoms with E-state index in [1.807, 2.05) is 23.1 Å². The van der Waals surface area contributed by atoms with Gasteiger partial charge >= 0.3 is 0 Å². The molecule has 3 atom stereocenters. The Morgan fingerprint density at radius 2 is 1.74 bits per heavy atom. The van der Waals surface area contributed by atoms with Gasteiger partial charge in [-0.05, 0) is 81.5 Å². The van der Waals surface area contributed by atoms with E-state index >= 15 is 0 Å². The Hall–Kier alpha value is -2.85. The highest BCUT2D eigenvalue weighted by atomic mass is 16.5. The number of ether oxygens (including phenoxy) is 1. The smallest absolute Gasteiger partial charge is 0.290 e. The predicted molar refractivity (Wildman–Crippen MR) is 136 cm³/mol. The molecule has 3 aromatic rings. The van der Waals surface area contributed by atoms with Crippen LogP contribution >= 0.6 is 0 Å². The third-order valence-corrected chi connectivity index (χ3v) is 7.23.